The maximum Gasteiger partial charge on any atom is 0.0552 e. The fourth-order valence-electron chi connectivity index (χ4n) is 2.59. The molecular weight excluding hydrogens is 160 g/mol. The number of allylic oxidation sites excluding steroid dienone is 2. The zero-order valence-electron chi connectivity index (χ0n) is 8.83. The summed E-state index contributed by atoms with van der Waals surface area (Å²) < 4.78 is 0. The van der Waals surface area contributed by atoms with E-state index >= 15 is 0 Å². The van der Waals surface area contributed by atoms with E-state index in [1.54, 1.807) is 5.57 Å². The molecule has 12 heavy (non-hydrogen) atoms. The number of hydrogen-bond donors (Lipinski definition) is 0. The van der Waals surface area contributed by atoms with Gasteiger partial charge in [-0.3, -0.25) is 0 Å². The van der Waals surface area contributed by atoms with E-state index in [1.165, 1.54) is 25.7 Å². The van der Waals surface area contributed by atoms with Crippen LogP contribution in [0, 0.1) is 0 Å². The molecule has 2 aliphatic rings. The number of rotatable bonds is 2. The Hall–Kier alpha value is -0.0431. The van der Waals surface area contributed by atoms with E-state index in [1.807, 2.05) is 5.57 Å². The topological polar surface area (TPSA) is 0 Å². The van der Waals surface area contributed by atoms with Crippen molar-refractivity contribution in [3.63, 3.8) is 0 Å². The van der Waals surface area contributed by atoms with Crippen LogP contribution < -0.4 is 0 Å². The van der Waals surface area contributed by atoms with Crippen LogP contribution in [-0.4, -0.2) is 8.07 Å². The molecule has 2 aliphatic carbocycles. The third-order valence-electron chi connectivity index (χ3n) is 3.93. The first kappa shape index (κ1) is 8.55. The van der Waals surface area contributed by atoms with E-state index in [0.29, 0.717) is 0 Å². The summed E-state index contributed by atoms with van der Waals surface area (Å²) in [6, 6.07) is 0. The predicted molar refractivity (Wildman–Crippen MR) is 57.2 cm³/mol. The quantitative estimate of drug-likeness (QED) is 0.445. The molecule has 0 spiro atoms. The van der Waals surface area contributed by atoms with Crippen LogP contribution in [0.1, 0.15) is 32.6 Å². The summed E-state index contributed by atoms with van der Waals surface area (Å²) in [5.74, 6) is 0. The lowest BCUT2D eigenvalue weighted by Gasteiger charge is -2.30. The summed E-state index contributed by atoms with van der Waals surface area (Å²) in [5, 5.41) is 0.749. The molecule has 0 aromatic heterocycles. The van der Waals surface area contributed by atoms with Gasteiger partial charge >= 0.3 is 0 Å². The second-order valence-corrected chi connectivity index (χ2v) is 11.0. The highest BCUT2D eigenvalue weighted by Gasteiger charge is 2.54. The van der Waals surface area contributed by atoms with Crippen LogP contribution in [0.5, 0.6) is 0 Å². The normalized spacial score (nSPS) is 25.5. The Labute approximate surface area is 77.1 Å². The minimum Gasteiger partial charge on any atom is -0.0706 e. The molecule has 0 aromatic carbocycles. The van der Waals surface area contributed by atoms with Crippen LogP contribution in [0.3, 0.4) is 0 Å². The van der Waals surface area contributed by atoms with E-state index in [4.69, 9.17) is 0 Å². The first-order chi connectivity index (χ1) is 5.47. The van der Waals surface area contributed by atoms with Gasteiger partial charge in [-0.1, -0.05) is 30.8 Å². The molecule has 0 N–H and O–H groups in total. The summed E-state index contributed by atoms with van der Waals surface area (Å²) >= 11 is 0. The Kier molecular flexibility index (Phi) is 1.61. The van der Waals surface area contributed by atoms with Crippen LogP contribution in [0.25, 0.3) is 0 Å². The van der Waals surface area contributed by atoms with Crippen molar-refractivity contribution in [2.24, 2.45) is 0 Å². The van der Waals surface area contributed by atoms with Gasteiger partial charge in [0.25, 0.3) is 0 Å². The van der Waals surface area contributed by atoms with Gasteiger partial charge in [0, 0.05) is 0 Å². The van der Waals surface area contributed by atoms with Gasteiger partial charge in [-0.15, -0.1) is 0 Å². The van der Waals surface area contributed by atoms with Crippen molar-refractivity contribution < 1.29 is 0 Å². The third kappa shape index (κ3) is 1.10. The third-order valence-corrected chi connectivity index (χ3v) is 7.68. The van der Waals surface area contributed by atoms with Crippen molar-refractivity contribution >= 4 is 8.07 Å². The van der Waals surface area contributed by atoms with Gasteiger partial charge in [0.2, 0.25) is 0 Å². The van der Waals surface area contributed by atoms with Crippen molar-refractivity contribution in [3.8, 4) is 0 Å². The van der Waals surface area contributed by atoms with Gasteiger partial charge in [-0.2, -0.15) is 0 Å². The van der Waals surface area contributed by atoms with Crippen molar-refractivity contribution in [2.75, 3.05) is 0 Å². The standard InChI is InChI=1S/C11H20Si/c1-9(10-5-6-10)11(7-8-11)12(2,3)4/h5-8H2,1-4H3. The molecule has 0 unspecified atom stereocenters. The van der Waals surface area contributed by atoms with Crippen LogP contribution in [0.15, 0.2) is 11.1 Å². The lowest BCUT2D eigenvalue weighted by atomic mass is 10.1. The zero-order valence-corrected chi connectivity index (χ0v) is 9.83. The number of hydrogen-bond acceptors (Lipinski definition) is 0. The SMILES string of the molecule is CC(=C1CC1)C1([Si](C)(C)C)CC1. The molecule has 0 heterocycles. The molecule has 2 fully saturated rings. The maximum absolute atomic E-state index is 2.53. The lowest BCUT2D eigenvalue weighted by Crippen LogP contribution is -2.30. The van der Waals surface area contributed by atoms with E-state index in [2.05, 4.69) is 26.6 Å². The van der Waals surface area contributed by atoms with Gasteiger partial charge in [-0.05, 0) is 37.6 Å². The van der Waals surface area contributed by atoms with Crippen molar-refractivity contribution in [2.45, 2.75) is 57.3 Å². The fourth-order valence-corrected chi connectivity index (χ4v) is 5.52. The Morgan fingerprint density at radius 2 is 1.67 bits per heavy atom. The molecule has 0 atom stereocenters. The molecule has 0 radical (unpaired) electrons. The van der Waals surface area contributed by atoms with Crippen LogP contribution in [0.4, 0.5) is 0 Å². The lowest BCUT2D eigenvalue weighted by molar-refractivity contribution is 0.963. The van der Waals surface area contributed by atoms with E-state index in [0.717, 1.165) is 5.04 Å². The first-order valence-electron chi connectivity index (χ1n) is 5.16. The Balaban J connectivity index is 2.28. The fraction of sp³-hybridized carbons (Fsp3) is 0.818. The van der Waals surface area contributed by atoms with Crippen molar-refractivity contribution in [3.05, 3.63) is 11.1 Å². The molecule has 0 aliphatic heterocycles. The largest absolute Gasteiger partial charge is 0.0706 e. The van der Waals surface area contributed by atoms with Gasteiger partial charge in [-0.25, -0.2) is 0 Å². The van der Waals surface area contributed by atoms with Crippen molar-refractivity contribution in [1.82, 2.24) is 0 Å². The van der Waals surface area contributed by atoms with Gasteiger partial charge in [0.05, 0.1) is 8.07 Å². The van der Waals surface area contributed by atoms with E-state index in [-0.39, 0.29) is 0 Å². The molecule has 0 amide bonds. The van der Waals surface area contributed by atoms with Crippen LogP contribution >= 0.6 is 0 Å². The second-order valence-electron chi connectivity index (χ2n) is 5.56. The summed E-state index contributed by atoms with van der Waals surface area (Å²) in [5.41, 5.74) is 3.61. The van der Waals surface area contributed by atoms with Gasteiger partial charge < -0.3 is 0 Å². The molecule has 2 saturated carbocycles. The maximum atomic E-state index is 2.53. The highest BCUT2D eigenvalue weighted by atomic mass is 28.3. The average molecular weight is 180 g/mol. The minimum atomic E-state index is -0.917. The summed E-state index contributed by atoms with van der Waals surface area (Å²) in [7, 11) is -0.917. The average Bonchev–Trinajstić information content (AvgIpc) is 2.82. The molecule has 0 nitrogen and oxygen atoms in total. The predicted octanol–water partition coefficient (Wildman–Crippen LogP) is 3.97. The highest BCUT2D eigenvalue weighted by Crippen LogP contribution is 2.67. The summed E-state index contributed by atoms with van der Waals surface area (Å²) in [6.45, 7) is 10.0. The van der Waals surface area contributed by atoms with Crippen LogP contribution in [-0.2, 0) is 0 Å². The molecule has 68 valence electrons. The molecule has 1 heteroatoms. The molecule has 0 saturated heterocycles. The monoisotopic (exact) mass is 180 g/mol. The van der Waals surface area contributed by atoms with E-state index < -0.39 is 8.07 Å². The molecule has 0 bridgehead atoms. The Bertz CT molecular complexity index is 232. The zero-order chi connectivity index (χ0) is 8.98. The van der Waals surface area contributed by atoms with Crippen molar-refractivity contribution in [1.29, 1.82) is 0 Å². The second kappa shape index (κ2) is 2.25. The van der Waals surface area contributed by atoms with Gasteiger partial charge in [0.1, 0.15) is 0 Å². The summed E-state index contributed by atoms with van der Waals surface area (Å²) in [6.07, 6.45) is 5.83. The smallest absolute Gasteiger partial charge is 0.0552 e. The molecule has 2 rings (SSSR count). The molecule has 0 aromatic rings. The first-order valence-corrected chi connectivity index (χ1v) is 8.66. The summed E-state index contributed by atoms with van der Waals surface area (Å²) in [4.78, 5) is 0. The minimum absolute atomic E-state index is 0.749. The molecular formula is C11H20Si. The highest BCUT2D eigenvalue weighted by molar-refractivity contribution is 6.80. The Morgan fingerprint density at radius 3 is 1.92 bits per heavy atom. The van der Waals surface area contributed by atoms with E-state index in [9.17, 15) is 0 Å². The van der Waals surface area contributed by atoms with Gasteiger partial charge in [0.15, 0.2) is 0 Å². The van der Waals surface area contributed by atoms with Crippen LogP contribution in [0.2, 0.25) is 24.7 Å². The Morgan fingerprint density at radius 1 is 1.17 bits per heavy atom.